The van der Waals surface area contributed by atoms with E-state index in [2.05, 4.69) is 5.10 Å². The molecule has 1 aliphatic rings. The molecule has 0 saturated carbocycles. The lowest BCUT2D eigenvalue weighted by molar-refractivity contribution is -0.121. The minimum atomic E-state index is -0.105. The molecule has 1 rings (SSSR count). The summed E-state index contributed by atoms with van der Waals surface area (Å²) in [5.41, 5.74) is 0.920. The molecule has 10 heavy (non-hydrogen) atoms. The number of hydrogen-bond donors (Lipinski definition) is 0. The number of nitrogens with zero attached hydrogens (tertiary/aromatic N) is 2. The maximum Gasteiger partial charge on any atom is 0.230 e. The molecule has 0 unspecified atom stereocenters. The molecule has 0 aromatic heterocycles. The van der Waals surface area contributed by atoms with Gasteiger partial charge < -0.3 is 0 Å². The maximum atomic E-state index is 10.4. The highest BCUT2D eigenvalue weighted by Crippen LogP contribution is 2.24. The lowest BCUT2D eigenvalue weighted by Gasteiger charge is -2.24. The van der Waals surface area contributed by atoms with E-state index in [0.717, 1.165) is 18.5 Å². The second-order valence-corrected chi connectivity index (χ2v) is 3.27. The predicted molar refractivity (Wildman–Crippen MR) is 39.7 cm³/mol. The van der Waals surface area contributed by atoms with Crippen molar-refractivity contribution in [2.75, 3.05) is 0 Å². The number of amides is 1. The van der Waals surface area contributed by atoms with E-state index in [1.54, 1.807) is 0 Å². The van der Waals surface area contributed by atoms with Gasteiger partial charge >= 0.3 is 0 Å². The number of hydrogen-bond acceptors (Lipinski definition) is 2. The van der Waals surface area contributed by atoms with Crippen LogP contribution in [-0.4, -0.2) is 22.7 Å². The first-order valence-electron chi connectivity index (χ1n) is 3.35. The number of carbonyl (C=O) groups excluding carboxylic acids is 1. The molecule has 0 bridgehead atoms. The van der Waals surface area contributed by atoms with Gasteiger partial charge in [0.15, 0.2) is 0 Å². The van der Waals surface area contributed by atoms with Gasteiger partial charge in [0, 0.05) is 12.1 Å². The molecule has 0 saturated heterocycles. The van der Waals surface area contributed by atoms with Crippen molar-refractivity contribution in [3.63, 3.8) is 0 Å². The molecule has 0 N–H and O–H groups in total. The van der Waals surface area contributed by atoms with Gasteiger partial charge in [0.25, 0.3) is 0 Å². The van der Waals surface area contributed by atoms with Crippen LogP contribution in [0.5, 0.6) is 0 Å². The van der Waals surface area contributed by atoms with E-state index in [1.165, 1.54) is 5.01 Å². The third-order valence-electron chi connectivity index (χ3n) is 1.69. The Morgan fingerprint density at radius 1 is 1.70 bits per heavy atom. The Hall–Kier alpha value is -0.860. The van der Waals surface area contributed by atoms with Crippen LogP contribution in [0.1, 0.15) is 27.2 Å². The summed E-state index contributed by atoms with van der Waals surface area (Å²) in [6.45, 7) is 5.94. The Labute approximate surface area is 60.7 Å². The zero-order chi connectivity index (χ0) is 7.78. The first kappa shape index (κ1) is 7.25. The van der Waals surface area contributed by atoms with E-state index < -0.39 is 0 Å². The molecule has 0 atom stereocenters. The smallest absolute Gasteiger partial charge is 0.230 e. The van der Waals surface area contributed by atoms with Crippen molar-refractivity contribution in [3.05, 3.63) is 0 Å². The fourth-order valence-electron chi connectivity index (χ4n) is 1.23. The average Bonchev–Trinajstić information content (AvgIpc) is 2.04. The fourth-order valence-corrected chi connectivity index (χ4v) is 1.23. The van der Waals surface area contributed by atoms with Crippen LogP contribution in [0.2, 0.25) is 0 Å². The lowest BCUT2D eigenvalue weighted by Crippen LogP contribution is -2.35. The van der Waals surface area contributed by atoms with Gasteiger partial charge in [0.1, 0.15) is 0 Å². The van der Waals surface area contributed by atoms with Crippen molar-refractivity contribution in [1.29, 1.82) is 0 Å². The van der Waals surface area contributed by atoms with Gasteiger partial charge in [0.05, 0.1) is 5.54 Å². The predicted octanol–water partition coefficient (Wildman–Crippen LogP) is 1.00. The topological polar surface area (TPSA) is 32.7 Å². The van der Waals surface area contributed by atoms with Gasteiger partial charge in [-0.05, 0) is 20.8 Å². The minimum Gasteiger partial charge on any atom is -0.277 e. The molecule has 56 valence electrons. The summed E-state index contributed by atoms with van der Waals surface area (Å²) >= 11 is 0. The summed E-state index contributed by atoms with van der Waals surface area (Å²) < 4.78 is 0. The summed E-state index contributed by atoms with van der Waals surface area (Å²) in [4.78, 5) is 10.4. The van der Waals surface area contributed by atoms with Crippen LogP contribution in [0, 0.1) is 0 Å². The SMILES string of the molecule is CC1=NN(C=O)C(C)(C)C1. The van der Waals surface area contributed by atoms with Crippen LogP contribution < -0.4 is 0 Å². The number of rotatable bonds is 1. The van der Waals surface area contributed by atoms with Crippen LogP contribution in [-0.2, 0) is 4.79 Å². The first-order chi connectivity index (χ1) is 4.56. The molecule has 1 amide bonds. The van der Waals surface area contributed by atoms with E-state index in [-0.39, 0.29) is 5.54 Å². The molecule has 0 fully saturated rings. The Kier molecular flexibility index (Phi) is 1.50. The minimum absolute atomic E-state index is 0.105. The highest BCUT2D eigenvalue weighted by Gasteiger charge is 2.31. The number of carbonyl (C=O) groups is 1. The fraction of sp³-hybridized carbons (Fsp3) is 0.714. The Morgan fingerprint density at radius 3 is 2.50 bits per heavy atom. The summed E-state index contributed by atoms with van der Waals surface area (Å²) in [6.07, 6.45) is 1.66. The summed E-state index contributed by atoms with van der Waals surface area (Å²) in [5.74, 6) is 0. The molecule has 0 spiro atoms. The standard InChI is InChI=1S/C7H12N2O/c1-6-4-7(2,3)9(5-10)8-6/h5H,4H2,1-3H3. The van der Waals surface area contributed by atoms with Crippen LogP contribution >= 0.6 is 0 Å². The summed E-state index contributed by atoms with van der Waals surface area (Å²) in [7, 11) is 0. The number of hydrazone groups is 1. The van der Waals surface area contributed by atoms with Gasteiger partial charge in [-0.1, -0.05) is 0 Å². The van der Waals surface area contributed by atoms with Crippen molar-refractivity contribution < 1.29 is 4.79 Å². The second-order valence-electron chi connectivity index (χ2n) is 3.27. The molecule has 3 nitrogen and oxygen atoms in total. The van der Waals surface area contributed by atoms with Crippen molar-refractivity contribution in [1.82, 2.24) is 5.01 Å². The Morgan fingerprint density at radius 2 is 2.30 bits per heavy atom. The van der Waals surface area contributed by atoms with E-state index in [4.69, 9.17) is 0 Å². The average molecular weight is 140 g/mol. The highest BCUT2D eigenvalue weighted by molar-refractivity contribution is 5.85. The van der Waals surface area contributed by atoms with Crippen LogP contribution in [0.3, 0.4) is 0 Å². The van der Waals surface area contributed by atoms with E-state index in [0.29, 0.717) is 0 Å². The molecule has 1 heterocycles. The Bertz CT molecular complexity index is 184. The van der Waals surface area contributed by atoms with E-state index in [9.17, 15) is 4.79 Å². The van der Waals surface area contributed by atoms with Crippen LogP contribution in [0.15, 0.2) is 5.10 Å². The third kappa shape index (κ3) is 1.03. The molecule has 3 heteroatoms. The maximum absolute atomic E-state index is 10.4. The van der Waals surface area contributed by atoms with Gasteiger partial charge in [-0.15, -0.1) is 0 Å². The van der Waals surface area contributed by atoms with E-state index in [1.807, 2.05) is 20.8 Å². The largest absolute Gasteiger partial charge is 0.277 e. The quantitative estimate of drug-likeness (QED) is 0.500. The van der Waals surface area contributed by atoms with Crippen molar-refractivity contribution in [2.45, 2.75) is 32.7 Å². The third-order valence-corrected chi connectivity index (χ3v) is 1.69. The summed E-state index contributed by atoms with van der Waals surface area (Å²) in [5, 5.41) is 5.52. The first-order valence-corrected chi connectivity index (χ1v) is 3.35. The molecule has 0 aliphatic carbocycles. The molecule has 0 radical (unpaired) electrons. The Balaban J connectivity index is 2.80. The molecular formula is C7H12N2O. The van der Waals surface area contributed by atoms with Gasteiger partial charge in [-0.25, -0.2) is 5.01 Å². The molecule has 0 aromatic rings. The van der Waals surface area contributed by atoms with Crippen molar-refractivity contribution in [2.24, 2.45) is 5.10 Å². The zero-order valence-electron chi connectivity index (χ0n) is 6.59. The zero-order valence-corrected chi connectivity index (χ0v) is 6.59. The molecular weight excluding hydrogens is 128 g/mol. The molecule has 0 aromatic carbocycles. The lowest BCUT2D eigenvalue weighted by atomic mass is 10.00. The molecule has 1 aliphatic heterocycles. The monoisotopic (exact) mass is 140 g/mol. The second kappa shape index (κ2) is 2.08. The van der Waals surface area contributed by atoms with Crippen LogP contribution in [0.4, 0.5) is 0 Å². The normalized spacial score (nSPS) is 22.7. The van der Waals surface area contributed by atoms with Crippen molar-refractivity contribution >= 4 is 12.1 Å². The van der Waals surface area contributed by atoms with Crippen molar-refractivity contribution in [3.8, 4) is 0 Å². The van der Waals surface area contributed by atoms with Gasteiger partial charge in [-0.3, -0.25) is 4.79 Å². The summed E-state index contributed by atoms with van der Waals surface area (Å²) in [6, 6.07) is 0. The van der Waals surface area contributed by atoms with Crippen LogP contribution in [0.25, 0.3) is 0 Å². The van der Waals surface area contributed by atoms with Gasteiger partial charge in [-0.2, -0.15) is 5.10 Å². The van der Waals surface area contributed by atoms with E-state index >= 15 is 0 Å². The highest BCUT2D eigenvalue weighted by atomic mass is 16.1. The van der Waals surface area contributed by atoms with Gasteiger partial charge in [0.2, 0.25) is 6.41 Å².